The van der Waals surface area contributed by atoms with Crippen LogP contribution < -0.4 is 5.32 Å². The molecular formula is C16H25N3O3S2. The second-order valence-electron chi connectivity index (χ2n) is 6.86. The van der Waals surface area contributed by atoms with Crippen LogP contribution in [-0.2, 0) is 14.8 Å². The number of carbonyl (C=O) groups is 1. The molecule has 1 spiro atoms. The minimum absolute atomic E-state index is 0.0598. The molecule has 1 amide bonds. The average molecular weight is 372 g/mol. The van der Waals surface area contributed by atoms with Crippen molar-refractivity contribution in [1.82, 2.24) is 14.5 Å². The van der Waals surface area contributed by atoms with Gasteiger partial charge in [0.25, 0.3) is 0 Å². The lowest BCUT2D eigenvalue weighted by Crippen LogP contribution is -2.62. The topological polar surface area (TPSA) is 69.7 Å². The Hall–Kier alpha value is -0.960. The molecule has 3 heterocycles. The van der Waals surface area contributed by atoms with Crippen LogP contribution in [0.15, 0.2) is 11.0 Å². The molecule has 1 N–H and O–H groups in total. The van der Waals surface area contributed by atoms with Gasteiger partial charge in [-0.05, 0) is 39.8 Å². The predicted molar refractivity (Wildman–Crippen MR) is 94.8 cm³/mol. The molecule has 1 aromatic heterocycles. The Morgan fingerprint density at radius 2 is 2.00 bits per heavy atom. The summed E-state index contributed by atoms with van der Waals surface area (Å²) in [4.78, 5) is 16.2. The van der Waals surface area contributed by atoms with E-state index in [1.165, 1.54) is 11.3 Å². The first-order chi connectivity index (χ1) is 11.2. The van der Waals surface area contributed by atoms with E-state index in [0.717, 1.165) is 16.2 Å². The lowest BCUT2D eigenvalue weighted by Gasteiger charge is -2.48. The van der Waals surface area contributed by atoms with Gasteiger partial charge in [-0.15, -0.1) is 11.3 Å². The van der Waals surface area contributed by atoms with Gasteiger partial charge in [0.1, 0.15) is 0 Å². The van der Waals surface area contributed by atoms with Gasteiger partial charge in [-0.2, -0.15) is 4.31 Å². The van der Waals surface area contributed by atoms with E-state index in [1.807, 2.05) is 20.9 Å². The summed E-state index contributed by atoms with van der Waals surface area (Å²) in [5, 5.41) is 2.90. The number of aryl methyl sites for hydroxylation is 2. The van der Waals surface area contributed by atoms with E-state index in [4.69, 9.17) is 0 Å². The molecule has 0 unspecified atom stereocenters. The number of sulfonamides is 1. The van der Waals surface area contributed by atoms with Crippen molar-refractivity contribution in [3.8, 4) is 0 Å². The van der Waals surface area contributed by atoms with E-state index in [9.17, 15) is 13.2 Å². The maximum Gasteiger partial charge on any atom is 0.244 e. The van der Waals surface area contributed by atoms with Crippen LogP contribution in [0.5, 0.6) is 0 Å². The third kappa shape index (κ3) is 3.12. The Balaban J connectivity index is 1.90. The van der Waals surface area contributed by atoms with Crippen molar-refractivity contribution in [1.29, 1.82) is 0 Å². The second-order valence-corrected chi connectivity index (χ2v) is 10.2. The zero-order chi connectivity index (χ0) is 17.5. The second kappa shape index (κ2) is 6.40. The Morgan fingerprint density at radius 1 is 1.25 bits per heavy atom. The number of amides is 1. The lowest BCUT2D eigenvalue weighted by molar-refractivity contribution is -0.121. The Bertz CT molecular complexity index is 744. The molecule has 134 valence electrons. The number of hydrogen-bond donors (Lipinski definition) is 1. The molecule has 3 rings (SSSR count). The monoisotopic (exact) mass is 371 g/mol. The van der Waals surface area contributed by atoms with Crippen molar-refractivity contribution in [3.05, 3.63) is 15.8 Å². The molecule has 0 bridgehead atoms. The molecule has 0 saturated carbocycles. The quantitative estimate of drug-likeness (QED) is 0.852. The van der Waals surface area contributed by atoms with Crippen LogP contribution in [0, 0.1) is 13.8 Å². The van der Waals surface area contributed by atoms with Gasteiger partial charge in [-0.3, -0.25) is 9.69 Å². The van der Waals surface area contributed by atoms with Crippen molar-refractivity contribution >= 4 is 27.3 Å². The first kappa shape index (κ1) is 17.8. The van der Waals surface area contributed by atoms with E-state index in [2.05, 4.69) is 10.2 Å². The summed E-state index contributed by atoms with van der Waals surface area (Å²) in [6, 6.07) is 1.78. The summed E-state index contributed by atoms with van der Waals surface area (Å²) in [6.45, 7) is 6.05. The van der Waals surface area contributed by atoms with Gasteiger partial charge in [-0.25, -0.2) is 8.42 Å². The van der Waals surface area contributed by atoms with Crippen LogP contribution >= 0.6 is 11.3 Å². The minimum Gasteiger partial charge on any atom is -0.356 e. The van der Waals surface area contributed by atoms with Gasteiger partial charge in [-0.1, -0.05) is 0 Å². The smallest absolute Gasteiger partial charge is 0.244 e. The third-order valence-electron chi connectivity index (χ3n) is 5.31. The highest BCUT2D eigenvalue weighted by Crippen LogP contribution is 2.34. The number of hydrogen-bond acceptors (Lipinski definition) is 5. The highest BCUT2D eigenvalue weighted by atomic mass is 32.2. The summed E-state index contributed by atoms with van der Waals surface area (Å²) in [6.07, 6.45) is 1.93. The fraction of sp³-hybridized carbons (Fsp3) is 0.688. The maximum absolute atomic E-state index is 13.1. The fourth-order valence-corrected chi connectivity index (χ4v) is 6.80. The van der Waals surface area contributed by atoms with E-state index in [-0.39, 0.29) is 11.4 Å². The Labute approximate surface area is 147 Å². The Morgan fingerprint density at radius 3 is 2.67 bits per heavy atom. The lowest BCUT2D eigenvalue weighted by atomic mass is 9.87. The van der Waals surface area contributed by atoms with Crippen LogP contribution in [0.4, 0.5) is 0 Å². The van der Waals surface area contributed by atoms with E-state index < -0.39 is 10.0 Å². The molecule has 0 aromatic carbocycles. The number of likely N-dealkylation sites (N-methyl/N-ethyl adjacent to an activating group) is 1. The average Bonchev–Trinajstić information content (AvgIpc) is 2.75. The van der Waals surface area contributed by atoms with E-state index in [0.29, 0.717) is 43.9 Å². The minimum atomic E-state index is -3.48. The van der Waals surface area contributed by atoms with E-state index >= 15 is 0 Å². The summed E-state index contributed by atoms with van der Waals surface area (Å²) >= 11 is 1.52. The van der Waals surface area contributed by atoms with Crippen molar-refractivity contribution in [3.63, 3.8) is 0 Å². The van der Waals surface area contributed by atoms with Crippen molar-refractivity contribution in [2.24, 2.45) is 0 Å². The van der Waals surface area contributed by atoms with Crippen LogP contribution in [-0.4, -0.2) is 62.3 Å². The zero-order valence-electron chi connectivity index (χ0n) is 14.5. The van der Waals surface area contributed by atoms with Gasteiger partial charge in [0.05, 0.1) is 4.90 Å². The fourth-order valence-electron chi connectivity index (χ4n) is 3.77. The van der Waals surface area contributed by atoms with Gasteiger partial charge in [0, 0.05) is 47.9 Å². The molecule has 2 aliphatic rings. The number of carbonyl (C=O) groups excluding carboxylic acids is 1. The Kier molecular flexibility index (Phi) is 4.76. The number of rotatable bonds is 2. The highest BCUT2D eigenvalue weighted by Gasteiger charge is 2.44. The van der Waals surface area contributed by atoms with Crippen molar-refractivity contribution < 1.29 is 13.2 Å². The molecule has 1 aromatic rings. The summed E-state index contributed by atoms with van der Waals surface area (Å²) < 4.78 is 27.9. The SMILES string of the molecule is Cc1cc(S(=O)(=O)N2CCN(C)[C@@]3(CCNC(=O)CC3)C2)c(C)s1. The number of piperazine rings is 1. The van der Waals surface area contributed by atoms with Crippen LogP contribution in [0.25, 0.3) is 0 Å². The molecule has 2 aliphatic heterocycles. The summed E-state index contributed by atoms with van der Waals surface area (Å²) in [5.41, 5.74) is -0.260. The molecule has 0 radical (unpaired) electrons. The predicted octanol–water partition coefficient (Wildman–Crippen LogP) is 1.34. The molecule has 0 aliphatic carbocycles. The van der Waals surface area contributed by atoms with E-state index in [1.54, 1.807) is 10.4 Å². The largest absolute Gasteiger partial charge is 0.356 e. The number of nitrogens with one attached hydrogen (secondary N) is 1. The first-order valence-electron chi connectivity index (χ1n) is 8.30. The zero-order valence-corrected chi connectivity index (χ0v) is 16.1. The molecule has 24 heavy (non-hydrogen) atoms. The molecule has 6 nitrogen and oxygen atoms in total. The standard InChI is InChI=1S/C16H25N3O3S2/c1-12-10-14(13(2)23-12)24(21,22)19-9-8-18(3)16(11-19)5-4-15(20)17-7-6-16/h10H,4-9,11H2,1-3H3,(H,17,20)/t16-/m0/s1. The maximum atomic E-state index is 13.1. The molecular weight excluding hydrogens is 346 g/mol. The summed E-state index contributed by atoms with van der Waals surface area (Å²) in [5.74, 6) is 0.0598. The third-order valence-corrected chi connectivity index (χ3v) is 8.37. The van der Waals surface area contributed by atoms with Gasteiger partial charge in [0.15, 0.2) is 0 Å². The normalized spacial score (nSPS) is 27.2. The molecule has 1 atom stereocenters. The molecule has 2 fully saturated rings. The first-order valence-corrected chi connectivity index (χ1v) is 10.6. The van der Waals surface area contributed by atoms with Crippen LogP contribution in [0.3, 0.4) is 0 Å². The number of nitrogens with zero attached hydrogens (tertiary/aromatic N) is 2. The van der Waals surface area contributed by atoms with Crippen LogP contribution in [0.1, 0.15) is 29.0 Å². The van der Waals surface area contributed by atoms with Gasteiger partial charge >= 0.3 is 0 Å². The molecule has 8 heteroatoms. The highest BCUT2D eigenvalue weighted by molar-refractivity contribution is 7.89. The van der Waals surface area contributed by atoms with Crippen LogP contribution in [0.2, 0.25) is 0 Å². The van der Waals surface area contributed by atoms with Crippen molar-refractivity contribution in [2.75, 3.05) is 33.2 Å². The van der Waals surface area contributed by atoms with Gasteiger partial charge in [0.2, 0.25) is 15.9 Å². The molecule has 2 saturated heterocycles. The van der Waals surface area contributed by atoms with Gasteiger partial charge < -0.3 is 5.32 Å². The summed E-state index contributed by atoms with van der Waals surface area (Å²) in [7, 11) is -1.44. The van der Waals surface area contributed by atoms with Crippen molar-refractivity contribution in [2.45, 2.75) is 43.5 Å². The number of thiophene rings is 1.